The standard InChI is InChI=1S/C18H24N2O2/c1-5-13(3)19-11-14-7-8-16(20-18(14)21)15-10-12(2)6-9-17(15)22-4/h6-10,13,19H,5,11H2,1-4H3,(H,20,21). The highest BCUT2D eigenvalue weighted by atomic mass is 16.5. The molecule has 1 heterocycles. The number of aromatic amines is 1. The lowest BCUT2D eigenvalue weighted by molar-refractivity contribution is 0.416. The number of rotatable bonds is 6. The normalized spacial score (nSPS) is 12.2. The van der Waals surface area contributed by atoms with E-state index in [0.29, 0.717) is 12.6 Å². The second-order valence-electron chi connectivity index (χ2n) is 5.62. The van der Waals surface area contributed by atoms with Crippen LogP contribution in [0.15, 0.2) is 35.1 Å². The predicted octanol–water partition coefficient (Wildman–Crippen LogP) is 3.25. The van der Waals surface area contributed by atoms with Crippen molar-refractivity contribution in [1.29, 1.82) is 0 Å². The van der Waals surface area contributed by atoms with Crippen molar-refractivity contribution in [3.63, 3.8) is 0 Å². The van der Waals surface area contributed by atoms with Gasteiger partial charge in [0.2, 0.25) is 0 Å². The molecule has 0 spiro atoms. The molecule has 0 radical (unpaired) electrons. The Morgan fingerprint density at radius 1 is 1.27 bits per heavy atom. The van der Waals surface area contributed by atoms with Crippen LogP contribution in [0, 0.1) is 6.92 Å². The van der Waals surface area contributed by atoms with Gasteiger partial charge in [-0.05, 0) is 38.5 Å². The van der Waals surface area contributed by atoms with E-state index in [9.17, 15) is 4.79 Å². The number of H-pyrrole nitrogens is 1. The van der Waals surface area contributed by atoms with Gasteiger partial charge in [-0.15, -0.1) is 0 Å². The van der Waals surface area contributed by atoms with Gasteiger partial charge in [0.05, 0.1) is 12.8 Å². The Balaban J connectivity index is 2.30. The molecule has 2 rings (SSSR count). The summed E-state index contributed by atoms with van der Waals surface area (Å²) in [5.41, 5.74) is 3.49. The minimum Gasteiger partial charge on any atom is -0.496 e. The first-order valence-corrected chi connectivity index (χ1v) is 7.65. The molecule has 1 aromatic carbocycles. The van der Waals surface area contributed by atoms with E-state index in [-0.39, 0.29) is 5.56 Å². The quantitative estimate of drug-likeness (QED) is 0.861. The number of nitrogens with one attached hydrogen (secondary N) is 2. The maximum Gasteiger partial charge on any atom is 0.252 e. The first-order chi connectivity index (χ1) is 10.5. The molecule has 0 aliphatic heterocycles. The molecule has 4 heteroatoms. The maximum atomic E-state index is 12.3. The van der Waals surface area contributed by atoms with Gasteiger partial charge in [0, 0.05) is 23.7 Å². The van der Waals surface area contributed by atoms with E-state index in [1.165, 1.54) is 0 Å². The van der Waals surface area contributed by atoms with Crippen molar-refractivity contribution in [2.24, 2.45) is 0 Å². The fraction of sp³-hybridized carbons (Fsp3) is 0.389. The number of benzene rings is 1. The molecule has 0 saturated carbocycles. The molecule has 0 aliphatic rings. The van der Waals surface area contributed by atoms with Gasteiger partial charge in [0.1, 0.15) is 5.75 Å². The van der Waals surface area contributed by atoms with Gasteiger partial charge < -0.3 is 15.0 Å². The van der Waals surface area contributed by atoms with Crippen molar-refractivity contribution in [2.45, 2.75) is 39.8 Å². The third kappa shape index (κ3) is 3.77. The molecule has 0 aliphatic carbocycles. The van der Waals surface area contributed by atoms with Crippen LogP contribution in [0.2, 0.25) is 0 Å². The van der Waals surface area contributed by atoms with Crippen molar-refractivity contribution in [3.8, 4) is 17.0 Å². The van der Waals surface area contributed by atoms with E-state index in [1.54, 1.807) is 7.11 Å². The number of hydrogen-bond acceptors (Lipinski definition) is 3. The van der Waals surface area contributed by atoms with Crippen LogP contribution in [0.4, 0.5) is 0 Å². The van der Waals surface area contributed by atoms with E-state index in [2.05, 4.69) is 24.1 Å². The van der Waals surface area contributed by atoms with Crippen LogP contribution >= 0.6 is 0 Å². The van der Waals surface area contributed by atoms with Gasteiger partial charge in [-0.2, -0.15) is 0 Å². The van der Waals surface area contributed by atoms with Crippen LogP contribution in [-0.2, 0) is 6.54 Å². The second-order valence-corrected chi connectivity index (χ2v) is 5.62. The summed E-state index contributed by atoms with van der Waals surface area (Å²) < 4.78 is 5.38. The minimum atomic E-state index is -0.0585. The highest BCUT2D eigenvalue weighted by molar-refractivity contribution is 5.68. The fourth-order valence-corrected chi connectivity index (χ4v) is 2.26. The summed E-state index contributed by atoms with van der Waals surface area (Å²) in [6, 6.07) is 10.1. The van der Waals surface area contributed by atoms with Gasteiger partial charge in [-0.25, -0.2) is 0 Å². The summed E-state index contributed by atoms with van der Waals surface area (Å²) in [7, 11) is 1.64. The number of pyridine rings is 1. The predicted molar refractivity (Wildman–Crippen MR) is 90.4 cm³/mol. The molecular formula is C18H24N2O2. The summed E-state index contributed by atoms with van der Waals surface area (Å²) in [4.78, 5) is 15.2. The third-order valence-corrected chi connectivity index (χ3v) is 3.89. The Morgan fingerprint density at radius 3 is 2.68 bits per heavy atom. The third-order valence-electron chi connectivity index (χ3n) is 3.89. The van der Waals surface area contributed by atoms with Crippen LogP contribution in [0.25, 0.3) is 11.3 Å². The van der Waals surface area contributed by atoms with Gasteiger partial charge in [0.15, 0.2) is 0 Å². The molecule has 118 valence electrons. The van der Waals surface area contributed by atoms with E-state index >= 15 is 0 Å². The summed E-state index contributed by atoms with van der Waals surface area (Å²) in [5.74, 6) is 0.756. The molecule has 1 atom stereocenters. The monoisotopic (exact) mass is 300 g/mol. The van der Waals surface area contributed by atoms with Crippen LogP contribution < -0.4 is 15.6 Å². The fourth-order valence-electron chi connectivity index (χ4n) is 2.26. The van der Waals surface area contributed by atoms with Gasteiger partial charge in [0.25, 0.3) is 5.56 Å². The number of aromatic nitrogens is 1. The lowest BCUT2D eigenvalue weighted by Gasteiger charge is -2.12. The zero-order valence-electron chi connectivity index (χ0n) is 13.7. The van der Waals surface area contributed by atoms with E-state index < -0.39 is 0 Å². The van der Waals surface area contributed by atoms with Crippen LogP contribution in [0.5, 0.6) is 5.75 Å². The van der Waals surface area contributed by atoms with Crippen molar-refractivity contribution in [3.05, 3.63) is 51.8 Å². The lowest BCUT2D eigenvalue weighted by Crippen LogP contribution is -2.28. The number of hydrogen-bond donors (Lipinski definition) is 2. The van der Waals surface area contributed by atoms with Crippen molar-refractivity contribution in [2.75, 3.05) is 7.11 Å². The zero-order chi connectivity index (χ0) is 16.1. The summed E-state index contributed by atoms with van der Waals surface area (Å²) >= 11 is 0. The number of ether oxygens (including phenoxy) is 1. The second kappa shape index (κ2) is 7.27. The Bertz CT molecular complexity index is 692. The molecule has 0 bridgehead atoms. The Kier molecular flexibility index (Phi) is 5.39. The van der Waals surface area contributed by atoms with Crippen molar-refractivity contribution >= 4 is 0 Å². The Morgan fingerprint density at radius 2 is 2.05 bits per heavy atom. The SMILES string of the molecule is CCC(C)NCc1ccc(-c2cc(C)ccc2OC)[nH]c1=O. The maximum absolute atomic E-state index is 12.3. The zero-order valence-corrected chi connectivity index (χ0v) is 13.7. The van der Waals surface area contributed by atoms with E-state index in [1.807, 2.05) is 37.3 Å². The molecule has 2 N–H and O–H groups in total. The smallest absolute Gasteiger partial charge is 0.252 e. The molecule has 0 fully saturated rings. The molecule has 4 nitrogen and oxygen atoms in total. The first-order valence-electron chi connectivity index (χ1n) is 7.65. The van der Waals surface area contributed by atoms with E-state index in [4.69, 9.17) is 4.74 Å². The van der Waals surface area contributed by atoms with Gasteiger partial charge >= 0.3 is 0 Å². The highest BCUT2D eigenvalue weighted by Crippen LogP contribution is 2.28. The topological polar surface area (TPSA) is 54.1 Å². The molecular weight excluding hydrogens is 276 g/mol. The van der Waals surface area contributed by atoms with Crippen molar-refractivity contribution in [1.82, 2.24) is 10.3 Å². The molecule has 0 amide bonds. The van der Waals surface area contributed by atoms with Crippen LogP contribution in [0.3, 0.4) is 0 Å². The first kappa shape index (κ1) is 16.3. The average Bonchev–Trinajstić information content (AvgIpc) is 2.53. The largest absolute Gasteiger partial charge is 0.496 e. The van der Waals surface area contributed by atoms with E-state index in [0.717, 1.165) is 34.6 Å². The van der Waals surface area contributed by atoms with Gasteiger partial charge in [-0.1, -0.05) is 24.6 Å². The minimum absolute atomic E-state index is 0.0585. The average molecular weight is 300 g/mol. The number of aryl methyl sites for hydroxylation is 1. The van der Waals surface area contributed by atoms with Crippen molar-refractivity contribution < 1.29 is 4.74 Å². The molecule has 2 aromatic rings. The summed E-state index contributed by atoms with van der Waals surface area (Å²) in [6.45, 7) is 6.83. The lowest BCUT2D eigenvalue weighted by atomic mass is 10.1. The molecule has 0 saturated heterocycles. The Labute approximate surface area is 131 Å². The number of methoxy groups -OCH3 is 1. The van der Waals surface area contributed by atoms with Crippen LogP contribution in [0.1, 0.15) is 31.4 Å². The Hall–Kier alpha value is -2.07. The summed E-state index contributed by atoms with van der Waals surface area (Å²) in [5, 5.41) is 3.34. The molecule has 1 aromatic heterocycles. The molecule has 22 heavy (non-hydrogen) atoms. The summed E-state index contributed by atoms with van der Waals surface area (Å²) in [6.07, 6.45) is 1.04. The van der Waals surface area contributed by atoms with Crippen LogP contribution in [-0.4, -0.2) is 18.1 Å². The highest BCUT2D eigenvalue weighted by Gasteiger charge is 2.09. The molecule has 1 unspecified atom stereocenters. The van der Waals surface area contributed by atoms with Gasteiger partial charge in [-0.3, -0.25) is 4.79 Å².